The zero-order chi connectivity index (χ0) is 15.6. The Morgan fingerprint density at radius 2 is 2.14 bits per heavy atom. The third kappa shape index (κ3) is 3.06. The summed E-state index contributed by atoms with van der Waals surface area (Å²) >= 11 is 0. The Hall–Kier alpha value is -1.93. The highest BCUT2D eigenvalue weighted by molar-refractivity contribution is 7.89. The minimum atomic E-state index is -3.88. The summed E-state index contributed by atoms with van der Waals surface area (Å²) in [6, 6.07) is 4.03. The van der Waals surface area contributed by atoms with Gasteiger partial charge in [-0.05, 0) is 24.1 Å². The molecule has 1 saturated heterocycles. The molecule has 2 N–H and O–H groups in total. The van der Waals surface area contributed by atoms with E-state index in [0.29, 0.717) is 12.0 Å². The summed E-state index contributed by atoms with van der Waals surface area (Å²) in [4.78, 5) is 22.4. The molecule has 0 atom stereocenters. The quantitative estimate of drug-likeness (QED) is 0.818. The summed E-state index contributed by atoms with van der Waals surface area (Å²) in [6.07, 6.45) is 0.453. The van der Waals surface area contributed by atoms with Crippen molar-refractivity contribution in [1.29, 1.82) is 0 Å². The number of aromatic carboxylic acids is 1. The van der Waals surface area contributed by atoms with Gasteiger partial charge < -0.3 is 10.4 Å². The number of piperazine rings is 1. The lowest BCUT2D eigenvalue weighted by Gasteiger charge is -2.26. The lowest BCUT2D eigenvalue weighted by atomic mass is 10.1. The molecule has 1 aromatic rings. The molecule has 1 amide bonds. The van der Waals surface area contributed by atoms with Gasteiger partial charge >= 0.3 is 5.97 Å². The predicted octanol–water partition coefficient (Wildman–Crippen LogP) is 0.0677. The topological polar surface area (TPSA) is 104 Å². The van der Waals surface area contributed by atoms with Crippen molar-refractivity contribution in [3.8, 4) is 0 Å². The van der Waals surface area contributed by atoms with Crippen LogP contribution in [0.1, 0.15) is 22.8 Å². The molecule has 1 fully saturated rings. The summed E-state index contributed by atoms with van der Waals surface area (Å²) in [5.41, 5.74) is 0.443. The molecule has 0 unspecified atom stereocenters. The van der Waals surface area contributed by atoms with Gasteiger partial charge in [-0.1, -0.05) is 13.0 Å². The molecule has 0 aliphatic carbocycles. The van der Waals surface area contributed by atoms with Crippen LogP contribution >= 0.6 is 0 Å². The molecule has 0 saturated carbocycles. The molecule has 114 valence electrons. The smallest absolute Gasteiger partial charge is 0.335 e. The van der Waals surface area contributed by atoms with Crippen molar-refractivity contribution in [3.05, 3.63) is 29.3 Å². The van der Waals surface area contributed by atoms with E-state index < -0.39 is 16.0 Å². The molecular weight excluding hydrogens is 296 g/mol. The van der Waals surface area contributed by atoms with Crippen LogP contribution in [0, 0.1) is 0 Å². The average Bonchev–Trinajstić information content (AvgIpc) is 2.46. The van der Waals surface area contributed by atoms with Gasteiger partial charge in [-0.3, -0.25) is 4.79 Å². The first kappa shape index (κ1) is 15.5. The number of hydrogen-bond donors (Lipinski definition) is 2. The molecule has 2 rings (SSSR count). The molecule has 1 heterocycles. The molecule has 0 aromatic heterocycles. The van der Waals surface area contributed by atoms with Crippen LogP contribution in [0.4, 0.5) is 0 Å². The molecular formula is C13H16N2O5S. The number of rotatable bonds is 4. The largest absolute Gasteiger partial charge is 0.478 e. The van der Waals surface area contributed by atoms with Gasteiger partial charge in [0.05, 0.1) is 17.0 Å². The van der Waals surface area contributed by atoms with Crippen LogP contribution in [0.5, 0.6) is 0 Å². The van der Waals surface area contributed by atoms with E-state index in [1.54, 1.807) is 6.92 Å². The van der Waals surface area contributed by atoms with Crippen LogP contribution in [0.25, 0.3) is 0 Å². The fourth-order valence-electron chi connectivity index (χ4n) is 2.18. The highest BCUT2D eigenvalue weighted by Gasteiger charge is 2.31. The van der Waals surface area contributed by atoms with Gasteiger partial charge in [0.1, 0.15) is 0 Å². The molecule has 1 aromatic carbocycles. The van der Waals surface area contributed by atoms with E-state index in [0.717, 1.165) is 10.4 Å². The van der Waals surface area contributed by atoms with Gasteiger partial charge in [0.25, 0.3) is 0 Å². The van der Waals surface area contributed by atoms with E-state index >= 15 is 0 Å². The van der Waals surface area contributed by atoms with Crippen LogP contribution < -0.4 is 5.32 Å². The van der Waals surface area contributed by atoms with Crippen molar-refractivity contribution in [3.63, 3.8) is 0 Å². The van der Waals surface area contributed by atoms with Crippen LogP contribution in [0.15, 0.2) is 23.1 Å². The maximum atomic E-state index is 12.6. The van der Waals surface area contributed by atoms with Gasteiger partial charge in [-0.2, -0.15) is 4.31 Å². The number of carboxylic acids is 1. The van der Waals surface area contributed by atoms with E-state index in [-0.39, 0.29) is 36.0 Å². The second-order valence-corrected chi connectivity index (χ2v) is 6.58. The van der Waals surface area contributed by atoms with Crippen LogP contribution in [0.2, 0.25) is 0 Å². The highest BCUT2D eigenvalue weighted by Crippen LogP contribution is 2.23. The first-order chi connectivity index (χ1) is 9.86. The molecule has 0 radical (unpaired) electrons. The Kier molecular flexibility index (Phi) is 4.29. The monoisotopic (exact) mass is 312 g/mol. The average molecular weight is 312 g/mol. The summed E-state index contributed by atoms with van der Waals surface area (Å²) in [7, 11) is -3.88. The second-order valence-electron chi connectivity index (χ2n) is 4.67. The van der Waals surface area contributed by atoms with Crippen molar-refractivity contribution in [1.82, 2.24) is 9.62 Å². The van der Waals surface area contributed by atoms with Crippen molar-refractivity contribution >= 4 is 21.9 Å². The third-order valence-electron chi connectivity index (χ3n) is 3.32. The second kappa shape index (κ2) is 5.82. The number of hydrogen-bond acceptors (Lipinski definition) is 4. The molecule has 21 heavy (non-hydrogen) atoms. The van der Waals surface area contributed by atoms with Gasteiger partial charge in [0.2, 0.25) is 15.9 Å². The zero-order valence-corrected chi connectivity index (χ0v) is 12.3. The number of benzene rings is 1. The number of sulfonamides is 1. The molecule has 0 bridgehead atoms. The van der Waals surface area contributed by atoms with Crippen molar-refractivity contribution in [2.75, 3.05) is 19.6 Å². The molecule has 0 spiro atoms. The molecule has 8 heteroatoms. The minimum absolute atomic E-state index is 0.0420. The Labute approximate surface area is 122 Å². The van der Waals surface area contributed by atoms with Crippen LogP contribution in [-0.2, 0) is 21.2 Å². The SMILES string of the molecule is CCc1ccc(C(=O)O)cc1S(=O)(=O)N1CCNC(=O)C1. The fraction of sp³-hybridized carbons (Fsp3) is 0.385. The summed E-state index contributed by atoms with van der Waals surface area (Å²) in [5, 5.41) is 11.6. The standard InChI is InChI=1S/C13H16N2O5S/c1-2-9-3-4-10(13(17)18)7-11(9)21(19,20)15-6-5-14-12(16)8-15/h3-4,7H,2,5-6,8H2,1H3,(H,14,16)(H,17,18). The summed E-state index contributed by atoms with van der Waals surface area (Å²) in [6.45, 7) is 1.97. The van der Waals surface area contributed by atoms with Crippen molar-refractivity contribution < 1.29 is 23.1 Å². The van der Waals surface area contributed by atoms with Crippen molar-refractivity contribution in [2.45, 2.75) is 18.2 Å². The van der Waals surface area contributed by atoms with E-state index in [2.05, 4.69) is 5.32 Å². The number of carbonyl (C=O) groups is 2. The summed E-state index contributed by atoms with van der Waals surface area (Å²) < 4.78 is 26.4. The molecule has 1 aliphatic rings. The predicted molar refractivity (Wildman–Crippen MR) is 74.5 cm³/mol. The number of nitrogens with one attached hydrogen (secondary N) is 1. The zero-order valence-electron chi connectivity index (χ0n) is 11.5. The number of nitrogens with zero attached hydrogens (tertiary/aromatic N) is 1. The maximum absolute atomic E-state index is 12.6. The van der Waals surface area contributed by atoms with E-state index in [1.165, 1.54) is 12.1 Å². The highest BCUT2D eigenvalue weighted by atomic mass is 32.2. The van der Waals surface area contributed by atoms with Crippen molar-refractivity contribution in [2.24, 2.45) is 0 Å². The van der Waals surface area contributed by atoms with Gasteiger partial charge in [0.15, 0.2) is 0 Å². The number of amides is 1. The van der Waals surface area contributed by atoms with E-state index in [1.807, 2.05) is 0 Å². The number of aryl methyl sites for hydroxylation is 1. The summed E-state index contributed by atoms with van der Waals surface area (Å²) in [5.74, 6) is -1.55. The van der Waals surface area contributed by atoms with Crippen LogP contribution in [0.3, 0.4) is 0 Å². The molecule has 1 aliphatic heterocycles. The first-order valence-electron chi connectivity index (χ1n) is 6.49. The number of carboxylic acid groups (broad SMARTS) is 1. The molecule has 7 nitrogen and oxygen atoms in total. The number of carbonyl (C=O) groups excluding carboxylic acids is 1. The van der Waals surface area contributed by atoms with E-state index in [4.69, 9.17) is 5.11 Å². The van der Waals surface area contributed by atoms with Gasteiger partial charge in [-0.15, -0.1) is 0 Å². The maximum Gasteiger partial charge on any atom is 0.335 e. The van der Waals surface area contributed by atoms with E-state index in [9.17, 15) is 18.0 Å². The Bertz CT molecular complexity index is 684. The Balaban J connectivity index is 2.49. The first-order valence-corrected chi connectivity index (χ1v) is 7.93. The lowest BCUT2D eigenvalue weighted by Crippen LogP contribution is -2.50. The Morgan fingerprint density at radius 1 is 1.43 bits per heavy atom. The van der Waals surface area contributed by atoms with Crippen LogP contribution in [-0.4, -0.2) is 49.3 Å². The van der Waals surface area contributed by atoms with Gasteiger partial charge in [0, 0.05) is 13.1 Å². The van der Waals surface area contributed by atoms with Gasteiger partial charge in [-0.25, -0.2) is 13.2 Å². The normalized spacial score (nSPS) is 16.5. The lowest BCUT2D eigenvalue weighted by molar-refractivity contribution is -0.122. The fourth-order valence-corrected chi connectivity index (χ4v) is 3.90. The Morgan fingerprint density at radius 3 is 2.71 bits per heavy atom. The third-order valence-corrected chi connectivity index (χ3v) is 5.24. The minimum Gasteiger partial charge on any atom is -0.478 e.